The second-order valence-electron chi connectivity index (χ2n) is 10.6. The van der Waals surface area contributed by atoms with Crippen LogP contribution in [-0.4, -0.2) is 93.9 Å². The second-order valence-corrected chi connectivity index (χ2v) is 11.5. The van der Waals surface area contributed by atoms with E-state index in [2.05, 4.69) is 9.97 Å². The Bertz CT molecular complexity index is 1330. The number of benzene rings is 1. The number of nitrogens with zero attached hydrogens (tertiary/aromatic N) is 3. The molecular formula is C29H35F3N4O7S. The minimum absolute atomic E-state index is 0.0346. The summed E-state index contributed by atoms with van der Waals surface area (Å²) in [5, 5.41) is 1.02. The first-order chi connectivity index (χ1) is 21.0. The van der Waals surface area contributed by atoms with Crippen LogP contribution < -0.4 is 0 Å². The van der Waals surface area contributed by atoms with Crippen LogP contribution in [0, 0.1) is 5.92 Å². The molecule has 11 nitrogen and oxygen atoms in total. The lowest BCUT2D eigenvalue weighted by atomic mass is 9.56. The monoisotopic (exact) mass is 640 g/mol. The molecule has 2 aromatic rings. The number of aromatic nitrogens is 2. The van der Waals surface area contributed by atoms with Gasteiger partial charge >= 0.3 is 18.1 Å². The molecule has 2 saturated heterocycles. The Morgan fingerprint density at radius 2 is 1.91 bits per heavy atom. The van der Waals surface area contributed by atoms with Crippen molar-refractivity contribution in [2.24, 2.45) is 5.92 Å². The summed E-state index contributed by atoms with van der Waals surface area (Å²) in [6.45, 7) is 1.62. The zero-order chi connectivity index (χ0) is 32.1. The van der Waals surface area contributed by atoms with E-state index in [1.54, 1.807) is 43.5 Å². The fraction of sp³-hybridized carbons (Fsp3) is 0.552. The number of methoxy groups -OCH3 is 1. The third-order valence-electron chi connectivity index (χ3n) is 8.34. The van der Waals surface area contributed by atoms with Gasteiger partial charge in [0.05, 0.1) is 26.5 Å². The Labute approximate surface area is 256 Å². The third kappa shape index (κ3) is 5.91. The molecule has 2 fully saturated rings. The van der Waals surface area contributed by atoms with Crippen LogP contribution in [0.1, 0.15) is 43.9 Å². The van der Waals surface area contributed by atoms with Crippen molar-refractivity contribution in [1.29, 1.82) is 0 Å². The van der Waals surface area contributed by atoms with Gasteiger partial charge in [0.1, 0.15) is 0 Å². The summed E-state index contributed by atoms with van der Waals surface area (Å²) < 4.78 is 51.7. The number of carbonyl (C=O) groups excluding carboxylic acids is 4. The van der Waals surface area contributed by atoms with Crippen molar-refractivity contribution >= 4 is 35.5 Å². The highest BCUT2D eigenvalue weighted by Gasteiger charge is 2.70. The molecule has 2 aliphatic rings. The summed E-state index contributed by atoms with van der Waals surface area (Å²) in [5.41, 5.74) is -2.57. The zero-order valence-corrected chi connectivity index (χ0v) is 25.4. The first-order valence-electron chi connectivity index (χ1n) is 14.1. The smallest absolute Gasteiger partial charge is 0.467 e. The molecule has 2 aliphatic heterocycles. The third-order valence-corrected chi connectivity index (χ3v) is 9.09. The maximum absolute atomic E-state index is 14.2. The predicted octanol–water partition coefficient (Wildman–Crippen LogP) is 3.41. The van der Waals surface area contributed by atoms with Crippen molar-refractivity contribution < 1.29 is 46.7 Å². The van der Waals surface area contributed by atoms with Gasteiger partial charge in [0.25, 0.3) is 0 Å². The summed E-state index contributed by atoms with van der Waals surface area (Å²) >= 11 is 1.29. The first-order valence-corrected chi connectivity index (χ1v) is 15.5. The molecule has 3 heterocycles. The average molecular weight is 641 g/mol. The SMILES string of the molecule is CCC(=O)N1OCCCC1(C(=O)OC)C(CSC)(c1ccccc1)[C@@H]1CCN(C(=O)Cc2cnc[nH]2)[C@H]1OC(=O)C(F)(F)F. The highest BCUT2D eigenvalue weighted by Crippen LogP contribution is 2.56. The largest absolute Gasteiger partial charge is 0.491 e. The van der Waals surface area contributed by atoms with Crippen LogP contribution in [-0.2, 0) is 45.3 Å². The molecule has 0 saturated carbocycles. The Balaban J connectivity index is 2.00. The van der Waals surface area contributed by atoms with Crippen LogP contribution in [0.3, 0.4) is 0 Å². The minimum Gasteiger partial charge on any atom is -0.467 e. The summed E-state index contributed by atoms with van der Waals surface area (Å²) in [6.07, 6.45) is -2.51. The van der Waals surface area contributed by atoms with Gasteiger partial charge in [-0.15, -0.1) is 0 Å². The van der Waals surface area contributed by atoms with E-state index >= 15 is 0 Å². The molecule has 2 unspecified atom stereocenters. The number of aromatic amines is 1. The number of hydrogen-bond donors (Lipinski definition) is 1. The van der Waals surface area contributed by atoms with Crippen LogP contribution >= 0.6 is 11.8 Å². The lowest BCUT2D eigenvalue weighted by molar-refractivity contribution is -0.266. The van der Waals surface area contributed by atoms with E-state index in [1.807, 2.05) is 0 Å². The number of hydroxylamine groups is 2. The molecular weight excluding hydrogens is 605 g/mol. The summed E-state index contributed by atoms with van der Waals surface area (Å²) in [4.78, 5) is 67.5. The number of hydrogen-bond acceptors (Lipinski definition) is 9. The Hall–Kier alpha value is -3.59. The number of imidazole rings is 1. The number of nitrogens with one attached hydrogen (secondary N) is 1. The molecule has 44 heavy (non-hydrogen) atoms. The molecule has 1 N–H and O–H groups in total. The predicted molar refractivity (Wildman–Crippen MR) is 152 cm³/mol. The molecule has 240 valence electrons. The number of carbonyl (C=O) groups is 4. The lowest BCUT2D eigenvalue weighted by Crippen LogP contribution is -2.74. The molecule has 15 heteroatoms. The van der Waals surface area contributed by atoms with Gasteiger partial charge in [-0.3, -0.25) is 14.4 Å². The summed E-state index contributed by atoms with van der Waals surface area (Å²) in [5.74, 6) is -5.51. The molecule has 2 amide bonds. The van der Waals surface area contributed by atoms with E-state index in [-0.39, 0.29) is 44.6 Å². The maximum Gasteiger partial charge on any atom is 0.491 e. The first kappa shape index (κ1) is 33.3. The van der Waals surface area contributed by atoms with E-state index < -0.39 is 53.0 Å². The normalized spacial score (nSPS) is 23.6. The molecule has 1 aromatic heterocycles. The average Bonchev–Trinajstić information content (AvgIpc) is 3.69. The van der Waals surface area contributed by atoms with Crippen molar-refractivity contribution in [2.45, 2.75) is 62.4 Å². The van der Waals surface area contributed by atoms with Gasteiger partial charge in [0, 0.05) is 41.9 Å². The van der Waals surface area contributed by atoms with E-state index in [1.165, 1.54) is 24.3 Å². The highest BCUT2D eigenvalue weighted by atomic mass is 32.2. The van der Waals surface area contributed by atoms with E-state index in [0.717, 1.165) is 17.1 Å². The van der Waals surface area contributed by atoms with Crippen molar-refractivity contribution in [2.75, 3.05) is 32.3 Å². The number of esters is 2. The number of thioether (sulfide) groups is 1. The fourth-order valence-corrected chi connectivity index (χ4v) is 7.66. The van der Waals surface area contributed by atoms with Crippen LogP contribution in [0.2, 0.25) is 0 Å². The standard InChI is InChI=1S/C29H35F3N4O7S/c1-4-22(37)36-28(25(39)41-2,12-8-14-42-36)27(17-44-3,19-9-6-5-7-10-19)21-11-13-35(23(38)15-20-16-33-18-34-20)24(21)43-26(40)29(30,31)32/h5-7,9-10,16,18,21,24H,4,8,11-15,17H2,1-3H3,(H,33,34)/t21-,24+,27?,28?/m1/s1. The van der Waals surface area contributed by atoms with E-state index in [0.29, 0.717) is 17.7 Å². The lowest BCUT2D eigenvalue weighted by Gasteiger charge is -2.57. The number of alkyl halides is 3. The summed E-state index contributed by atoms with van der Waals surface area (Å²) in [7, 11) is 1.16. The molecule has 1 aromatic carbocycles. The fourth-order valence-electron chi connectivity index (χ4n) is 6.59. The molecule has 4 atom stereocenters. The zero-order valence-electron chi connectivity index (χ0n) is 24.6. The van der Waals surface area contributed by atoms with Gasteiger partial charge in [-0.1, -0.05) is 37.3 Å². The topological polar surface area (TPSA) is 131 Å². The molecule has 0 bridgehead atoms. The number of likely N-dealkylation sites (tertiary alicyclic amines) is 1. The maximum atomic E-state index is 14.2. The highest BCUT2D eigenvalue weighted by molar-refractivity contribution is 7.98. The number of ether oxygens (including phenoxy) is 2. The molecule has 0 aliphatic carbocycles. The number of H-pyrrole nitrogens is 1. The van der Waals surface area contributed by atoms with Crippen LogP contribution in [0.5, 0.6) is 0 Å². The van der Waals surface area contributed by atoms with Crippen molar-refractivity contribution in [1.82, 2.24) is 19.9 Å². The van der Waals surface area contributed by atoms with Gasteiger partial charge in [0.15, 0.2) is 11.8 Å². The van der Waals surface area contributed by atoms with Gasteiger partial charge in [-0.25, -0.2) is 19.6 Å². The minimum atomic E-state index is -5.36. The second kappa shape index (κ2) is 13.6. The molecule has 0 spiro atoms. The van der Waals surface area contributed by atoms with Crippen molar-refractivity contribution in [3.8, 4) is 0 Å². The van der Waals surface area contributed by atoms with Gasteiger partial charge in [0.2, 0.25) is 11.8 Å². The van der Waals surface area contributed by atoms with Crippen LogP contribution in [0.25, 0.3) is 0 Å². The van der Waals surface area contributed by atoms with Gasteiger partial charge in [-0.2, -0.15) is 24.9 Å². The van der Waals surface area contributed by atoms with E-state index in [9.17, 15) is 32.3 Å². The Morgan fingerprint density at radius 1 is 1.18 bits per heavy atom. The summed E-state index contributed by atoms with van der Waals surface area (Å²) in [6, 6.07) is 8.57. The van der Waals surface area contributed by atoms with Gasteiger partial charge in [-0.05, 0) is 31.1 Å². The quantitative estimate of drug-likeness (QED) is 0.388. The number of halogens is 3. The number of amides is 2. The van der Waals surface area contributed by atoms with Gasteiger partial charge < -0.3 is 19.4 Å². The van der Waals surface area contributed by atoms with Crippen molar-refractivity contribution in [3.63, 3.8) is 0 Å². The number of rotatable bonds is 10. The Morgan fingerprint density at radius 3 is 2.50 bits per heavy atom. The Kier molecular flexibility index (Phi) is 10.3. The van der Waals surface area contributed by atoms with Crippen molar-refractivity contribution in [3.05, 3.63) is 54.1 Å². The molecule has 4 rings (SSSR count). The van der Waals surface area contributed by atoms with Crippen LogP contribution in [0.4, 0.5) is 13.2 Å². The van der Waals surface area contributed by atoms with E-state index in [4.69, 9.17) is 14.3 Å². The molecule has 0 radical (unpaired) electrons. The van der Waals surface area contributed by atoms with Crippen LogP contribution in [0.15, 0.2) is 42.9 Å².